The molecule has 0 spiro atoms. The van der Waals surface area contributed by atoms with Gasteiger partial charge in [-0.25, -0.2) is 4.98 Å². The normalized spacial score (nSPS) is 24.6. The number of furan rings is 1. The van der Waals surface area contributed by atoms with Crippen molar-refractivity contribution >= 4 is 21.8 Å². The summed E-state index contributed by atoms with van der Waals surface area (Å²) in [5.74, 6) is 0.287. The summed E-state index contributed by atoms with van der Waals surface area (Å²) >= 11 is 3.25. The number of nitrogens with one attached hydrogen (secondary N) is 1. The minimum Gasteiger partial charge on any atom is -0.444 e. The van der Waals surface area contributed by atoms with Crippen LogP contribution in [-0.2, 0) is 6.54 Å². The molecular formula is C15H18BrN3O3. The lowest BCUT2D eigenvalue weighted by Crippen LogP contribution is -2.39. The molecule has 1 aliphatic rings. The number of carbonyl (C=O) groups is 1. The zero-order valence-electron chi connectivity index (χ0n) is 12.2. The summed E-state index contributed by atoms with van der Waals surface area (Å²) in [5, 5.41) is 13.0. The fourth-order valence-corrected chi connectivity index (χ4v) is 3.22. The lowest BCUT2D eigenvalue weighted by Gasteiger charge is -2.15. The predicted octanol–water partition coefficient (Wildman–Crippen LogP) is 2.12. The van der Waals surface area contributed by atoms with Crippen molar-refractivity contribution in [2.24, 2.45) is 5.92 Å². The molecule has 3 atom stereocenters. The Hall–Kier alpha value is -1.60. The first kappa shape index (κ1) is 15.3. The third kappa shape index (κ3) is 3.25. The Bertz CT molecular complexity index is 634. The van der Waals surface area contributed by atoms with Crippen LogP contribution in [0.4, 0.5) is 0 Å². The van der Waals surface area contributed by atoms with E-state index in [-0.39, 0.29) is 17.7 Å². The Morgan fingerprint density at radius 2 is 2.41 bits per heavy atom. The van der Waals surface area contributed by atoms with E-state index in [1.54, 1.807) is 18.6 Å². The fraction of sp³-hybridized carbons (Fsp3) is 0.467. The molecule has 2 N–H and O–H groups in total. The van der Waals surface area contributed by atoms with E-state index in [1.165, 1.54) is 0 Å². The number of carbonyl (C=O) groups excluding carboxylic acids is 1. The largest absolute Gasteiger partial charge is 0.444 e. The Balaban J connectivity index is 1.59. The molecule has 1 unspecified atom stereocenters. The van der Waals surface area contributed by atoms with E-state index in [0.717, 1.165) is 18.5 Å². The van der Waals surface area contributed by atoms with Gasteiger partial charge in [0, 0.05) is 24.5 Å². The number of hydrogen-bond acceptors (Lipinski definition) is 4. The number of aryl methyl sites for hydroxylation is 1. The van der Waals surface area contributed by atoms with E-state index in [1.807, 2.05) is 17.7 Å². The van der Waals surface area contributed by atoms with Crippen molar-refractivity contribution in [3.8, 4) is 0 Å². The average molecular weight is 368 g/mol. The highest BCUT2D eigenvalue weighted by Crippen LogP contribution is 2.28. The van der Waals surface area contributed by atoms with Gasteiger partial charge in [-0.15, -0.1) is 0 Å². The topological polar surface area (TPSA) is 80.3 Å². The highest BCUT2D eigenvalue weighted by atomic mass is 79.9. The second-order valence-electron chi connectivity index (χ2n) is 5.81. The van der Waals surface area contributed by atoms with Gasteiger partial charge in [0.1, 0.15) is 0 Å². The fourth-order valence-electron chi connectivity index (χ4n) is 2.93. The van der Waals surface area contributed by atoms with Crippen LogP contribution in [0.3, 0.4) is 0 Å². The van der Waals surface area contributed by atoms with Crippen molar-refractivity contribution in [1.29, 1.82) is 0 Å². The Labute approximate surface area is 136 Å². The molecule has 2 aromatic heterocycles. The van der Waals surface area contributed by atoms with Gasteiger partial charge >= 0.3 is 0 Å². The van der Waals surface area contributed by atoms with Crippen molar-refractivity contribution < 1.29 is 14.3 Å². The molecule has 1 amide bonds. The van der Waals surface area contributed by atoms with E-state index < -0.39 is 6.10 Å². The summed E-state index contributed by atoms with van der Waals surface area (Å²) < 4.78 is 7.90. The number of halogens is 1. The van der Waals surface area contributed by atoms with Crippen LogP contribution >= 0.6 is 15.9 Å². The molecule has 6 nitrogen and oxygen atoms in total. The third-order valence-electron chi connectivity index (χ3n) is 4.05. The molecule has 22 heavy (non-hydrogen) atoms. The second-order valence-corrected chi connectivity index (χ2v) is 6.53. The van der Waals surface area contributed by atoms with Crippen LogP contribution in [0.25, 0.3) is 0 Å². The number of aliphatic hydroxyl groups is 1. The maximum atomic E-state index is 12.2. The van der Waals surface area contributed by atoms with Gasteiger partial charge in [0.2, 0.25) is 0 Å². The molecule has 1 saturated carbocycles. The van der Waals surface area contributed by atoms with Crippen molar-refractivity contribution in [2.75, 3.05) is 0 Å². The SMILES string of the molecule is Cc1cc(C(=O)N[C@@H]2CC(Cn3ccnc3)C[C@H]2O)oc1Br. The van der Waals surface area contributed by atoms with E-state index >= 15 is 0 Å². The minimum atomic E-state index is -0.531. The number of aromatic nitrogens is 2. The maximum absolute atomic E-state index is 12.2. The Morgan fingerprint density at radius 1 is 1.59 bits per heavy atom. The van der Waals surface area contributed by atoms with Crippen LogP contribution in [0.15, 0.2) is 33.9 Å². The van der Waals surface area contributed by atoms with Gasteiger partial charge in [0.25, 0.3) is 5.91 Å². The molecule has 1 aliphatic carbocycles. The van der Waals surface area contributed by atoms with Gasteiger partial charge in [-0.3, -0.25) is 4.79 Å². The minimum absolute atomic E-state index is 0.245. The van der Waals surface area contributed by atoms with Crippen LogP contribution in [0.2, 0.25) is 0 Å². The van der Waals surface area contributed by atoms with Gasteiger partial charge < -0.3 is 19.4 Å². The van der Waals surface area contributed by atoms with Crippen molar-refractivity contribution in [3.63, 3.8) is 0 Å². The lowest BCUT2D eigenvalue weighted by molar-refractivity contribution is 0.0845. The molecule has 2 heterocycles. The lowest BCUT2D eigenvalue weighted by atomic mass is 10.1. The third-order valence-corrected chi connectivity index (χ3v) is 4.84. The molecule has 1 fully saturated rings. The molecule has 0 aromatic carbocycles. The van der Waals surface area contributed by atoms with E-state index in [0.29, 0.717) is 17.0 Å². The zero-order chi connectivity index (χ0) is 15.7. The number of imidazole rings is 1. The smallest absolute Gasteiger partial charge is 0.287 e. The summed E-state index contributed by atoms with van der Waals surface area (Å²) in [5.41, 5.74) is 0.870. The summed E-state index contributed by atoms with van der Waals surface area (Å²) in [6.07, 6.45) is 6.29. The molecular weight excluding hydrogens is 350 g/mol. The monoisotopic (exact) mass is 367 g/mol. The predicted molar refractivity (Wildman–Crippen MR) is 83.4 cm³/mol. The highest BCUT2D eigenvalue weighted by Gasteiger charge is 2.34. The molecule has 2 aromatic rings. The number of rotatable bonds is 4. The molecule has 7 heteroatoms. The van der Waals surface area contributed by atoms with Crippen LogP contribution in [-0.4, -0.2) is 32.7 Å². The van der Waals surface area contributed by atoms with E-state index in [2.05, 4.69) is 26.2 Å². The summed E-state index contributed by atoms with van der Waals surface area (Å²) in [4.78, 5) is 16.2. The van der Waals surface area contributed by atoms with Crippen LogP contribution in [0.5, 0.6) is 0 Å². The Kier molecular flexibility index (Phi) is 4.35. The molecule has 3 rings (SSSR count). The van der Waals surface area contributed by atoms with Crippen LogP contribution in [0.1, 0.15) is 29.0 Å². The van der Waals surface area contributed by atoms with Gasteiger partial charge in [-0.1, -0.05) is 0 Å². The first-order valence-corrected chi connectivity index (χ1v) is 8.03. The van der Waals surface area contributed by atoms with Gasteiger partial charge in [-0.05, 0) is 47.7 Å². The number of aliphatic hydroxyl groups excluding tert-OH is 1. The zero-order valence-corrected chi connectivity index (χ0v) is 13.8. The van der Waals surface area contributed by atoms with Crippen LogP contribution < -0.4 is 5.32 Å². The van der Waals surface area contributed by atoms with Crippen LogP contribution in [0, 0.1) is 12.8 Å². The molecule has 0 saturated heterocycles. The molecule has 0 bridgehead atoms. The maximum Gasteiger partial charge on any atom is 0.287 e. The molecule has 0 aliphatic heterocycles. The van der Waals surface area contributed by atoms with Crippen molar-refractivity contribution in [2.45, 2.75) is 38.5 Å². The standard InChI is InChI=1S/C15H18BrN3O3/c1-9-4-13(22-14(9)16)15(21)18-11-5-10(6-12(11)20)7-19-3-2-17-8-19/h2-4,8,10-12,20H,5-7H2,1H3,(H,18,21)/t10?,11-,12-/m1/s1. The van der Waals surface area contributed by atoms with E-state index in [9.17, 15) is 9.90 Å². The Morgan fingerprint density at radius 3 is 3.05 bits per heavy atom. The molecule has 0 radical (unpaired) electrons. The number of hydrogen-bond donors (Lipinski definition) is 2. The summed E-state index contributed by atoms with van der Waals surface area (Å²) in [7, 11) is 0. The second kappa shape index (κ2) is 6.26. The molecule has 118 valence electrons. The van der Waals surface area contributed by atoms with Crippen molar-refractivity contribution in [3.05, 3.63) is 40.8 Å². The van der Waals surface area contributed by atoms with E-state index in [4.69, 9.17) is 4.42 Å². The average Bonchev–Trinajstić information content (AvgIpc) is 3.15. The first-order chi connectivity index (χ1) is 10.5. The number of nitrogens with zero attached hydrogens (tertiary/aromatic N) is 2. The highest BCUT2D eigenvalue weighted by molar-refractivity contribution is 9.10. The number of amides is 1. The van der Waals surface area contributed by atoms with Gasteiger partial charge in [0.05, 0.1) is 18.5 Å². The van der Waals surface area contributed by atoms with Gasteiger partial charge in [-0.2, -0.15) is 0 Å². The first-order valence-electron chi connectivity index (χ1n) is 7.23. The summed E-state index contributed by atoms with van der Waals surface area (Å²) in [6.45, 7) is 2.66. The van der Waals surface area contributed by atoms with Crippen molar-refractivity contribution in [1.82, 2.24) is 14.9 Å². The summed E-state index contributed by atoms with van der Waals surface area (Å²) in [6, 6.07) is 1.44. The van der Waals surface area contributed by atoms with Gasteiger partial charge in [0.15, 0.2) is 10.4 Å². The quantitative estimate of drug-likeness (QED) is 0.867.